The van der Waals surface area contributed by atoms with Gasteiger partial charge in [-0.1, -0.05) is 34.5 Å². The summed E-state index contributed by atoms with van der Waals surface area (Å²) < 4.78 is 0. The molecule has 0 bridgehead atoms. The van der Waals surface area contributed by atoms with E-state index in [1.54, 1.807) is 12.1 Å². The molecule has 96 valence electrons. The molecule has 17 heavy (non-hydrogen) atoms. The van der Waals surface area contributed by atoms with Crippen LogP contribution in [0.4, 0.5) is 0 Å². The fraction of sp³-hybridized carbons (Fsp3) is 0.500. The van der Waals surface area contributed by atoms with Gasteiger partial charge in [0.05, 0.1) is 12.1 Å². The van der Waals surface area contributed by atoms with Gasteiger partial charge < -0.3 is 0 Å². The Hall–Kier alpha value is -0.320. The molecule has 1 rings (SSSR count). The summed E-state index contributed by atoms with van der Waals surface area (Å²) in [6.45, 7) is 5.54. The highest BCUT2D eigenvalue weighted by Crippen LogP contribution is 2.22. The summed E-state index contributed by atoms with van der Waals surface area (Å²) in [4.78, 5) is 5.30. The van der Waals surface area contributed by atoms with Crippen LogP contribution < -0.4 is 0 Å². The number of benzene rings is 1. The van der Waals surface area contributed by atoms with E-state index in [-0.39, 0.29) is 12.1 Å². The molecule has 0 saturated heterocycles. The first kappa shape index (κ1) is 14.7. The molecule has 1 N–H and O–H groups in total. The summed E-state index contributed by atoms with van der Waals surface area (Å²) in [5, 5.41) is 11.5. The van der Waals surface area contributed by atoms with Crippen molar-refractivity contribution < 1.29 is 10.0 Å². The Morgan fingerprint density at radius 1 is 1.29 bits per heavy atom. The van der Waals surface area contributed by atoms with E-state index in [2.05, 4.69) is 0 Å². The largest absolute Gasteiger partial charge is 0.289 e. The first-order valence-electron chi connectivity index (χ1n) is 5.49. The maximum absolute atomic E-state index is 9.45. The predicted molar refractivity (Wildman–Crippen MR) is 69.5 cm³/mol. The zero-order valence-electron chi connectivity index (χ0n) is 10.2. The Balaban J connectivity index is 2.59. The molecule has 0 aliphatic carbocycles. The SMILES string of the molecule is CC(Cc1ccc(Cl)cc1Cl)ON(O)C(C)C. The molecule has 0 aromatic heterocycles. The first-order valence-corrected chi connectivity index (χ1v) is 6.24. The number of hydrogen-bond donors (Lipinski definition) is 1. The van der Waals surface area contributed by atoms with Crippen molar-refractivity contribution in [3.8, 4) is 0 Å². The number of nitrogens with zero attached hydrogens (tertiary/aromatic N) is 1. The second kappa shape index (κ2) is 6.57. The topological polar surface area (TPSA) is 32.7 Å². The van der Waals surface area contributed by atoms with Gasteiger partial charge in [-0.3, -0.25) is 10.0 Å². The van der Waals surface area contributed by atoms with E-state index in [9.17, 15) is 5.21 Å². The lowest BCUT2D eigenvalue weighted by Gasteiger charge is -2.22. The van der Waals surface area contributed by atoms with Gasteiger partial charge in [0, 0.05) is 16.5 Å². The Labute approximate surface area is 112 Å². The molecule has 0 amide bonds. The van der Waals surface area contributed by atoms with Crippen molar-refractivity contribution >= 4 is 23.2 Å². The maximum atomic E-state index is 9.45. The normalized spacial score (nSPS) is 13.4. The Morgan fingerprint density at radius 2 is 1.94 bits per heavy atom. The lowest BCUT2D eigenvalue weighted by Crippen LogP contribution is -2.32. The Morgan fingerprint density at radius 3 is 2.47 bits per heavy atom. The Bertz CT molecular complexity index is 372. The number of halogens is 2. The van der Waals surface area contributed by atoms with Gasteiger partial charge in [0.1, 0.15) is 0 Å². The van der Waals surface area contributed by atoms with Gasteiger partial charge in [0.15, 0.2) is 0 Å². The highest BCUT2D eigenvalue weighted by Gasteiger charge is 2.13. The van der Waals surface area contributed by atoms with Crippen LogP contribution in [0, 0.1) is 0 Å². The minimum atomic E-state index is -0.166. The van der Waals surface area contributed by atoms with Crippen LogP contribution in [-0.4, -0.2) is 22.6 Å². The summed E-state index contributed by atoms with van der Waals surface area (Å²) in [5.41, 5.74) is 0.945. The monoisotopic (exact) mass is 277 g/mol. The highest BCUT2D eigenvalue weighted by molar-refractivity contribution is 6.35. The lowest BCUT2D eigenvalue weighted by atomic mass is 10.1. The minimum Gasteiger partial charge on any atom is -0.289 e. The van der Waals surface area contributed by atoms with Crippen molar-refractivity contribution in [1.29, 1.82) is 0 Å². The van der Waals surface area contributed by atoms with Crippen LogP contribution in [0.1, 0.15) is 26.3 Å². The molecule has 0 aliphatic heterocycles. The van der Waals surface area contributed by atoms with Gasteiger partial charge in [-0.05, 0) is 38.5 Å². The molecule has 0 spiro atoms. The summed E-state index contributed by atoms with van der Waals surface area (Å²) in [6.07, 6.45) is 0.445. The van der Waals surface area contributed by atoms with Crippen LogP contribution >= 0.6 is 23.2 Å². The van der Waals surface area contributed by atoms with Crippen LogP contribution in [0.5, 0.6) is 0 Å². The molecule has 0 aliphatic rings. The molecular weight excluding hydrogens is 261 g/mol. The van der Waals surface area contributed by atoms with Gasteiger partial charge in [0.25, 0.3) is 0 Å². The van der Waals surface area contributed by atoms with Gasteiger partial charge in [-0.15, -0.1) is 0 Å². The average Bonchev–Trinajstić information content (AvgIpc) is 2.22. The van der Waals surface area contributed by atoms with Crippen molar-refractivity contribution in [2.45, 2.75) is 39.3 Å². The zero-order valence-corrected chi connectivity index (χ0v) is 11.7. The smallest absolute Gasteiger partial charge is 0.0832 e. The minimum absolute atomic E-state index is 0.0851. The van der Waals surface area contributed by atoms with Gasteiger partial charge in [0.2, 0.25) is 0 Å². The Kier molecular flexibility index (Phi) is 5.70. The molecule has 1 aromatic rings. The summed E-state index contributed by atoms with van der Waals surface area (Å²) in [6, 6.07) is 5.26. The third-order valence-corrected chi connectivity index (χ3v) is 2.84. The number of hydrogen-bond acceptors (Lipinski definition) is 3. The number of rotatable bonds is 5. The quantitative estimate of drug-likeness (QED) is 0.827. The van der Waals surface area contributed by atoms with E-state index >= 15 is 0 Å². The molecule has 0 saturated carbocycles. The van der Waals surface area contributed by atoms with Gasteiger partial charge >= 0.3 is 0 Å². The van der Waals surface area contributed by atoms with Crippen molar-refractivity contribution in [3.05, 3.63) is 33.8 Å². The summed E-state index contributed by atoms with van der Waals surface area (Å²) >= 11 is 11.9. The standard InChI is InChI=1S/C12H17Cl2NO2/c1-8(2)15(16)17-9(3)6-10-4-5-11(13)7-12(10)14/h4-5,7-9,16H,6H2,1-3H3. The fourth-order valence-corrected chi connectivity index (χ4v) is 1.83. The van der Waals surface area contributed by atoms with E-state index in [0.717, 1.165) is 10.8 Å². The maximum Gasteiger partial charge on any atom is 0.0832 e. The third-order valence-electron chi connectivity index (χ3n) is 2.25. The van der Waals surface area contributed by atoms with E-state index in [0.29, 0.717) is 16.5 Å². The summed E-state index contributed by atoms with van der Waals surface area (Å²) in [5.74, 6) is 0. The molecule has 1 aromatic carbocycles. The van der Waals surface area contributed by atoms with E-state index < -0.39 is 0 Å². The van der Waals surface area contributed by atoms with Crippen LogP contribution in [0.3, 0.4) is 0 Å². The van der Waals surface area contributed by atoms with E-state index in [1.165, 1.54) is 0 Å². The molecule has 3 nitrogen and oxygen atoms in total. The molecule has 5 heteroatoms. The molecule has 0 radical (unpaired) electrons. The average molecular weight is 278 g/mol. The zero-order chi connectivity index (χ0) is 13.0. The van der Waals surface area contributed by atoms with E-state index in [4.69, 9.17) is 28.0 Å². The molecule has 0 heterocycles. The van der Waals surface area contributed by atoms with Crippen molar-refractivity contribution in [3.63, 3.8) is 0 Å². The van der Waals surface area contributed by atoms with Crippen molar-refractivity contribution in [2.24, 2.45) is 0 Å². The third kappa shape index (κ3) is 4.82. The highest BCUT2D eigenvalue weighted by atomic mass is 35.5. The van der Waals surface area contributed by atoms with Crippen LogP contribution in [0.25, 0.3) is 0 Å². The molecule has 0 fully saturated rings. The van der Waals surface area contributed by atoms with Gasteiger partial charge in [-0.25, -0.2) is 0 Å². The molecule has 1 unspecified atom stereocenters. The predicted octanol–water partition coefficient (Wildman–Crippen LogP) is 3.96. The van der Waals surface area contributed by atoms with E-state index in [1.807, 2.05) is 26.8 Å². The molecule has 1 atom stereocenters. The second-order valence-corrected chi connectivity index (χ2v) is 5.10. The van der Waals surface area contributed by atoms with Crippen LogP contribution in [-0.2, 0) is 11.3 Å². The number of hydroxylamine groups is 2. The fourth-order valence-electron chi connectivity index (χ4n) is 1.34. The molecular formula is C12H17Cl2NO2. The van der Waals surface area contributed by atoms with Crippen LogP contribution in [0.15, 0.2) is 18.2 Å². The summed E-state index contributed by atoms with van der Waals surface area (Å²) in [7, 11) is 0. The lowest BCUT2D eigenvalue weighted by molar-refractivity contribution is -0.373. The van der Waals surface area contributed by atoms with Gasteiger partial charge in [-0.2, -0.15) is 0 Å². The first-order chi connectivity index (χ1) is 7.90. The van der Waals surface area contributed by atoms with Crippen molar-refractivity contribution in [1.82, 2.24) is 5.23 Å². The van der Waals surface area contributed by atoms with Crippen molar-refractivity contribution in [2.75, 3.05) is 0 Å². The second-order valence-electron chi connectivity index (χ2n) is 4.25. The van der Waals surface area contributed by atoms with Crippen LogP contribution in [0.2, 0.25) is 10.0 Å².